The molecule has 0 amide bonds. The smallest absolute Gasteiger partial charge is 0.0232 e. The summed E-state index contributed by atoms with van der Waals surface area (Å²) >= 11 is 0. The number of nitrogens with zero attached hydrogens (tertiary/aromatic N) is 1. The van der Waals surface area contributed by atoms with Crippen LogP contribution in [0.3, 0.4) is 0 Å². The zero-order chi connectivity index (χ0) is 9.97. The van der Waals surface area contributed by atoms with Gasteiger partial charge in [0.1, 0.15) is 0 Å². The second-order valence-electron chi connectivity index (χ2n) is 4.80. The van der Waals surface area contributed by atoms with Crippen LogP contribution in [-0.2, 0) is 0 Å². The van der Waals surface area contributed by atoms with E-state index in [9.17, 15) is 0 Å². The molecule has 0 spiro atoms. The van der Waals surface area contributed by atoms with E-state index in [1.165, 1.54) is 51.0 Å². The Bertz CT molecular complexity index is 198. The minimum Gasteiger partial charge on any atom is -0.315 e. The van der Waals surface area contributed by atoms with E-state index in [1.807, 2.05) is 0 Å². The number of allylic oxidation sites excluding steroid dienone is 1. The Balaban J connectivity index is 1.80. The summed E-state index contributed by atoms with van der Waals surface area (Å²) in [4.78, 5) is 2.67. The maximum atomic E-state index is 4.07. The minimum atomic E-state index is 0.792. The number of hydrogen-bond acceptors (Lipinski definition) is 2. The van der Waals surface area contributed by atoms with Crippen molar-refractivity contribution >= 4 is 0 Å². The fraction of sp³-hybridized carbons (Fsp3) is 0.833. The lowest BCUT2D eigenvalue weighted by atomic mass is 9.90. The molecule has 2 nitrogen and oxygen atoms in total. The third kappa shape index (κ3) is 2.18. The highest BCUT2D eigenvalue weighted by Crippen LogP contribution is 2.25. The molecule has 2 heteroatoms. The summed E-state index contributed by atoms with van der Waals surface area (Å²) in [5, 5.41) is 3.44. The lowest BCUT2D eigenvalue weighted by Crippen LogP contribution is -2.42. The quantitative estimate of drug-likeness (QED) is 0.672. The number of hydrogen-bond donors (Lipinski definition) is 1. The summed E-state index contributed by atoms with van der Waals surface area (Å²) in [7, 11) is 0. The summed E-state index contributed by atoms with van der Waals surface area (Å²) in [5.41, 5.74) is 1.38. The summed E-state index contributed by atoms with van der Waals surface area (Å²) in [6.45, 7) is 11.2. The highest BCUT2D eigenvalue weighted by atomic mass is 15.2. The van der Waals surface area contributed by atoms with Gasteiger partial charge in [-0.25, -0.2) is 0 Å². The van der Waals surface area contributed by atoms with E-state index in [0.717, 1.165) is 12.0 Å². The van der Waals surface area contributed by atoms with Crippen molar-refractivity contribution < 1.29 is 0 Å². The number of nitrogens with one attached hydrogen (secondary N) is 1. The molecule has 2 saturated heterocycles. The van der Waals surface area contributed by atoms with Gasteiger partial charge in [-0.2, -0.15) is 0 Å². The summed E-state index contributed by atoms with van der Waals surface area (Å²) in [6.07, 6.45) is 4.00. The Kier molecular flexibility index (Phi) is 3.24. The van der Waals surface area contributed by atoms with Crippen LogP contribution in [0.4, 0.5) is 0 Å². The fourth-order valence-electron chi connectivity index (χ4n) is 2.71. The van der Waals surface area contributed by atoms with Crippen LogP contribution in [-0.4, -0.2) is 37.1 Å². The molecule has 0 aromatic carbocycles. The zero-order valence-electron chi connectivity index (χ0n) is 9.26. The topological polar surface area (TPSA) is 15.3 Å². The molecule has 2 rings (SSSR count). The van der Waals surface area contributed by atoms with Crippen molar-refractivity contribution in [2.24, 2.45) is 5.92 Å². The predicted molar refractivity (Wildman–Crippen MR) is 60.4 cm³/mol. The van der Waals surface area contributed by atoms with Gasteiger partial charge >= 0.3 is 0 Å². The average molecular weight is 194 g/mol. The molecule has 1 N–H and O–H groups in total. The zero-order valence-corrected chi connectivity index (χ0v) is 9.26. The van der Waals surface area contributed by atoms with Gasteiger partial charge in [-0.05, 0) is 51.7 Å². The maximum Gasteiger partial charge on any atom is 0.0232 e. The van der Waals surface area contributed by atoms with Crippen LogP contribution in [0.5, 0.6) is 0 Å². The molecule has 1 atom stereocenters. The average Bonchev–Trinajstić information content (AvgIpc) is 2.71. The molecule has 0 aromatic heterocycles. The molecule has 2 aliphatic heterocycles. The maximum absolute atomic E-state index is 4.07. The van der Waals surface area contributed by atoms with E-state index in [1.54, 1.807) is 0 Å². The SMILES string of the molecule is C=C(C)C1CCN(C2CCNC2)CC1. The highest BCUT2D eigenvalue weighted by molar-refractivity contribution is 4.99. The fourth-order valence-corrected chi connectivity index (χ4v) is 2.71. The third-order valence-corrected chi connectivity index (χ3v) is 3.78. The molecular weight excluding hydrogens is 172 g/mol. The van der Waals surface area contributed by atoms with Crippen molar-refractivity contribution in [1.82, 2.24) is 10.2 Å². The Hall–Kier alpha value is -0.340. The van der Waals surface area contributed by atoms with Gasteiger partial charge in [-0.15, -0.1) is 0 Å². The van der Waals surface area contributed by atoms with Crippen molar-refractivity contribution in [2.75, 3.05) is 26.2 Å². The van der Waals surface area contributed by atoms with Gasteiger partial charge < -0.3 is 5.32 Å². The van der Waals surface area contributed by atoms with Gasteiger partial charge in [0, 0.05) is 12.6 Å². The van der Waals surface area contributed by atoms with Crippen molar-refractivity contribution in [1.29, 1.82) is 0 Å². The lowest BCUT2D eigenvalue weighted by molar-refractivity contribution is 0.151. The molecule has 2 aliphatic rings. The molecule has 0 aromatic rings. The highest BCUT2D eigenvalue weighted by Gasteiger charge is 2.26. The molecular formula is C12H22N2. The molecule has 80 valence electrons. The van der Waals surface area contributed by atoms with Gasteiger partial charge in [0.25, 0.3) is 0 Å². The lowest BCUT2D eigenvalue weighted by Gasteiger charge is -2.35. The van der Waals surface area contributed by atoms with Crippen molar-refractivity contribution in [2.45, 2.75) is 32.2 Å². The number of likely N-dealkylation sites (tertiary alicyclic amines) is 1. The largest absolute Gasteiger partial charge is 0.315 e. The van der Waals surface area contributed by atoms with Crippen LogP contribution in [0, 0.1) is 5.92 Å². The molecule has 2 heterocycles. The first-order valence-corrected chi connectivity index (χ1v) is 5.87. The molecule has 0 radical (unpaired) electrons. The second-order valence-corrected chi connectivity index (χ2v) is 4.80. The predicted octanol–water partition coefficient (Wildman–Crippen LogP) is 1.64. The van der Waals surface area contributed by atoms with Crippen LogP contribution in [0.25, 0.3) is 0 Å². The van der Waals surface area contributed by atoms with Gasteiger partial charge in [-0.1, -0.05) is 12.2 Å². The molecule has 2 fully saturated rings. The third-order valence-electron chi connectivity index (χ3n) is 3.78. The van der Waals surface area contributed by atoms with E-state index in [4.69, 9.17) is 0 Å². The summed E-state index contributed by atoms with van der Waals surface area (Å²) in [6, 6.07) is 0.820. The minimum absolute atomic E-state index is 0.792. The van der Waals surface area contributed by atoms with Crippen molar-refractivity contribution in [3.8, 4) is 0 Å². The van der Waals surface area contributed by atoms with Crippen LogP contribution >= 0.6 is 0 Å². The van der Waals surface area contributed by atoms with E-state index in [-0.39, 0.29) is 0 Å². The van der Waals surface area contributed by atoms with Crippen LogP contribution in [0.1, 0.15) is 26.2 Å². The standard InChI is InChI=1S/C12H22N2/c1-10(2)11-4-7-14(8-5-11)12-3-6-13-9-12/h11-13H,1,3-9H2,2H3. The van der Waals surface area contributed by atoms with E-state index in [2.05, 4.69) is 23.7 Å². The van der Waals surface area contributed by atoms with Crippen molar-refractivity contribution in [3.63, 3.8) is 0 Å². The van der Waals surface area contributed by atoms with Crippen LogP contribution < -0.4 is 5.32 Å². The summed E-state index contributed by atoms with van der Waals surface area (Å²) < 4.78 is 0. The first-order chi connectivity index (χ1) is 6.77. The first-order valence-electron chi connectivity index (χ1n) is 5.87. The van der Waals surface area contributed by atoms with E-state index >= 15 is 0 Å². The van der Waals surface area contributed by atoms with E-state index < -0.39 is 0 Å². The van der Waals surface area contributed by atoms with E-state index in [0.29, 0.717) is 0 Å². The molecule has 0 bridgehead atoms. The molecule has 1 unspecified atom stereocenters. The van der Waals surface area contributed by atoms with Crippen molar-refractivity contribution in [3.05, 3.63) is 12.2 Å². The first kappa shape index (κ1) is 10.2. The Labute approximate surface area is 87.4 Å². The number of piperidine rings is 1. The normalized spacial score (nSPS) is 30.8. The Morgan fingerprint density at radius 2 is 2.00 bits per heavy atom. The Morgan fingerprint density at radius 3 is 2.50 bits per heavy atom. The van der Waals surface area contributed by atoms with Gasteiger partial charge in [-0.3, -0.25) is 4.90 Å². The van der Waals surface area contributed by atoms with Gasteiger partial charge in [0.15, 0.2) is 0 Å². The summed E-state index contributed by atoms with van der Waals surface area (Å²) in [5.74, 6) is 0.792. The van der Waals surface area contributed by atoms with Gasteiger partial charge in [0.2, 0.25) is 0 Å². The molecule has 0 aliphatic carbocycles. The van der Waals surface area contributed by atoms with Crippen LogP contribution in [0.2, 0.25) is 0 Å². The monoisotopic (exact) mass is 194 g/mol. The Morgan fingerprint density at radius 1 is 1.29 bits per heavy atom. The van der Waals surface area contributed by atoms with Crippen LogP contribution in [0.15, 0.2) is 12.2 Å². The number of rotatable bonds is 2. The molecule has 14 heavy (non-hydrogen) atoms. The second kappa shape index (κ2) is 4.45. The van der Waals surface area contributed by atoms with Gasteiger partial charge in [0.05, 0.1) is 0 Å². The molecule has 0 saturated carbocycles.